The number of ether oxygens (including phenoxy) is 1. The zero-order chi connectivity index (χ0) is 18.1. The molecule has 2 amide bonds. The predicted octanol–water partition coefficient (Wildman–Crippen LogP) is 2.55. The van der Waals surface area contributed by atoms with E-state index in [-0.39, 0.29) is 11.6 Å². The summed E-state index contributed by atoms with van der Waals surface area (Å²) in [6.45, 7) is 5.26. The summed E-state index contributed by atoms with van der Waals surface area (Å²) in [5, 5.41) is 5.45. The van der Waals surface area contributed by atoms with E-state index in [0.717, 1.165) is 18.6 Å². The summed E-state index contributed by atoms with van der Waals surface area (Å²) in [6.07, 6.45) is 3.58. The number of rotatable bonds is 8. The van der Waals surface area contributed by atoms with Crippen LogP contribution in [0.3, 0.4) is 0 Å². The number of urea groups is 1. The number of carbonyl (C=O) groups is 1. The van der Waals surface area contributed by atoms with Gasteiger partial charge < -0.3 is 15.4 Å². The molecule has 2 rings (SSSR count). The van der Waals surface area contributed by atoms with Gasteiger partial charge in [-0.3, -0.25) is 9.36 Å². The molecule has 0 radical (unpaired) electrons. The number of aromatic nitrogens is 2. The van der Waals surface area contributed by atoms with Crippen molar-refractivity contribution >= 4 is 11.7 Å². The Hall–Kier alpha value is -2.83. The highest BCUT2D eigenvalue weighted by molar-refractivity contribution is 5.89. The molecule has 25 heavy (non-hydrogen) atoms. The normalized spacial score (nSPS) is 10.3. The first-order chi connectivity index (χ1) is 12.1. The van der Waals surface area contributed by atoms with Crippen LogP contribution in [-0.2, 0) is 6.54 Å². The van der Waals surface area contributed by atoms with E-state index >= 15 is 0 Å². The number of nitrogens with zero attached hydrogens (tertiary/aromatic N) is 2. The second-order valence-electron chi connectivity index (χ2n) is 5.67. The van der Waals surface area contributed by atoms with Gasteiger partial charge in [0.15, 0.2) is 0 Å². The molecule has 0 bridgehead atoms. The van der Waals surface area contributed by atoms with Crippen molar-refractivity contribution in [1.82, 2.24) is 14.9 Å². The monoisotopic (exact) mass is 344 g/mol. The lowest BCUT2D eigenvalue weighted by molar-refractivity contribution is 0.251. The molecule has 1 heterocycles. The van der Waals surface area contributed by atoms with Crippen molar-refractivity contribution < 1.29 is 9.53 Å². The summed E-state index contributed by atoms with van der Waals surface area (Å²) in [5.74, 6) is 0.783. The summed E-state index contributed by atoms with van der Waals surface area (Å²) in [4.78, 5) is 27.7. The Labute approximate surface area is 147 Å². The molecular weight excluding hydrogens is 320 g/mol. The SMILES string of the molecule is CCCCOc1ccc(NC(=O)NCCn2cnc(C)cc2=O)cc1. The van der Waals surface area contributed by atoms with Crippen LogP contribution >= 0.6 is 0 Å². The molecule has 0 aliphatic rings. The second-order valence-corrected chi connectivity index (χ2v) is 5.67. The van der Waals surface area contributed by atoms with Crippen LogP contribution in [0.25, 0.3) is 0 Å². The molecule has 0 unspecified atom stereocenters. The van der Waals surface area contributed by atoms with Crippen molar-refractivity contribution in [3.63, 3.8) is 0 Å². The summed E-state index contributed by atoms with van der Waals surface area (Å²) in [5.41, 5.74) is 1.22. The molecule has 0 saturated heterocycles. The number of aryl methyl sites for hydroxylation is 1. The maximum atomic E-state index is 11.9. The molecule has 0 spiro atoms. The van der Waals surface area contributed by atoms with E-state index in [1.807, 2.05) is 12.1 Å². The maximum absolute atomic E-state index is 11.9. The van der Waals surface area contributed by atoms with E-state index in [2.05, 4.69) is 22.5 Å². The predicted molar refractivity (Wildman–Crippen MR) is 97.1 cm³/mol. The molecule has 2 N–H and O–H groups in total. The summed E-state index contributed by atoms with van der Waals surface area (Å²) < 4.78 is 7.03. The van der Waals surface area contributed by atoms with Crippen molar-refractivity contribution in [1.29, 1.82) is 0 Å². The first-order valence-corrected chi connectivity index (χ1v) is 8.39. The van der Waals surface area contributed by atoms with Crippen LogP contribution in [0.4, 0.5) is 10.5 Å². The highest BCUT2D eigenvalue weighted by atomic mass is 16.5. The number of hydrogen-bond donors (Lipinski definition) is 2. The number of nitrogens with one attached hydrogen (secondary N) is 2. The average Bonchev–Trinajstić information content (AvgIpc) is 2.59. The van der Waals surface area contributed by atoms with Gasteiger partial charge in [-0.2, -0.15) is 0 Å². The fourth-order valence-corrected chi connectivity index (χ4v) is 2.12. The van der Waals surface area contributed by atoms with Crippen molar-refractivity contribution in [3.8, 4) is 5.75 Å². The van der Waals surface area contributed by atoms with Crippen LogP contribution in [0.2, 0.25) is 0 Å². The molecule has 7 heteroatoms. The molecule has 0 aliphatic heterocycles. The molecule has 1 aromatic heterocycles. The van der Waals surface area contributed by atoms with Gasteiger partial charge in [-0.15, -0.1) is 0 Å². The molecule has 0 saturated carbocycles. The van der Waals surface area contributed by atoms with Crippen LogP contribution < -0.4 is 20.9 Å². The van der Waals surface area contributed by atoms with Crippen molar-refractivity contribution in [2.45, 2.75) is 33.2 Å². The van der Waals surface area contributed by atoms with Gasteiger partial charge in [0.1, 0.15) is 5.75 Å². The Balaban J connectivity index is 1.75. The molecule has 0 fully saturated rings. The summed E-state index contributed by atoms with van der Waals surface area (Å²) >= 11 is 0. The van der Waals surface area contributed by atoms with Gasteiger partial charge in [0, 0.05) is 30.5 Å². The molecule has 134 valence electrons. The van der Waals surface area contributed by atoms with Gasteiger partial charge >= 0.3 is 6.03 Å². The van der Waals surface area contributed by atoms with E-state index in [4.69, 9.17) is 4.74 Å². The number of amides is 2. The van der Waals surface area contributed by atoms with Crippen LogP contribution in [-0.4, -0.2) is 28.7 Å². The zero-order valence-electron chi connectivity index (χ0n) is 14.6. The van der Waals surface area contributed by atoms with Gasteiger partial charge in [-0.25, -0.2) is 9.78 Å². The fraction of sp³-hybridized carbons (Fsp3) is 0.389. The molecular formula is C18H24N4O3. The maximum Gasteiger partial charge on any atom is 0.319 e. The molecule has 0 atom stereocenters. The Kier molecular flexibility index (Phi) is 7.00. The third-order valence-electron chi connectivity index (χ3n) is 3.53. The number of unbranched alkanes of at least 4 members (excludes halogenated alkanes) is 1. The van der Waals surface area contributed by atoms with Crippen LogP contribution in [0, 0.1) is 6.92 Å². The van der Waals surface area contributed by atoms with Crippen molar-refractivity contribution in [2.75, 3.05) is 18.5 Å². The molecule has 2 aromatic rings. The van der Waals surface area contributed by atoms with E-state index < -0.39 is 0 Å². The minimum atomic E-state index is -0.326. The van der Waals surface area contributed by atoms with Gasteiger partial charge in [-0.05, 0) is 37.6 Å². The van der Waals surface area contributed by atoms with Crippen LogP contribution in [0.1, 0.15) is 25.5 Å². The van der Waals surface area contributed by atoms with Gasteiger partial charge in [0.2, 0.25) is 0 Å². The standard InChI is InChI=1S/C18H24N4O3/c1-3-4-11-25-16-7-5-15(6-8-16)21-18(24)19-9-10-22-13-20-14(2)12-17(22)23/h5-8,12-13H,3-4,9-11H2,1-2H3,(H2,19,21,24). The van der Waals surface area contributed by atoms with Gasteiger partial charge in [-0.1, -0.05) is 13.3 Å². The third kappa shape index (κ3) is 6.29. The van der Waals surface area contributed by atoms with E-state index in [0.29, 0.717) is 31.1 Å². The van der Waals surface area contributed by atoms with E-state index in [9.17, 15) is 9.59 Å². The lowest BCUT2D eigenvalue weighted by Crippen LogP contribution is -2.33. The number of carbonyl (C=O) groups excluding carboxylic acids is 1. The lowest BCUT2D eigenvalue weighted by Gasteiger charge is -2.10. The number of benzene rings is 1. The van der Waals surface area contributed by atoms with Crippen LogP contribution in [0.5, 0.6) is 5.75 Å². The first-order valence-electron chi connectivity index (χ1n) is 8.39. The smallest absolute Gasteiger partial charge is 0.319 e. The van der Waals surface area contributed by atoms with Gasteiger partial charge in [0.05, 0.1) is 12.9 Å². The minimum absolute atomic E-state index is 0.131. The number of hydrogen-bond acceptors (Lipinski definition) is 4. The van der Waals surface area contributed by atoms with E-state index in [1.54, 1.807) is 19.1 Å². The highest BCUT2D eigenvalue weighted by Gasteiger charge is 2.03. The molecule has 7 nitrogen and oxygen atoms in total. The van der Waals surface area contributed by atoms with Crippen molar-refractivity contribution in [3.05, 3.63) is 52.7 Å². The van der Waals surface area contributed by atoms with Crippen molar-refractivity contribution in [2.24, 2.45) is 0 Å². The summed E-state index contributed by atoms with van der Waals surface area (Å²) in [6, 6.07) is 8.35. The Morgan fingerprint density at radius 3 is 2.72 bits per heavy atom. The lowest BCUT2D eigenvalue weighted by atomic mass is 10.3. The first kappa shape index (κ1) is 18.5. The topological polar surface area (TPSA) is 85.2 Å². The zero-order valence-corrected chi connectivity index (χ0v) is 14.6. The highest BCUT2D eigenvalue weighted by Crippen LogP contribution is 2.15. The van der Waals surface area contributed by atoms with Gasteiger partial charge in [0.25, 0.3) is 5.56 Å². The second kappa shape index (κ2) is 9.46. The summed E-state index contributed by atoms with van der Waals surface area (Å²) in [7, 11) is 0. The van der Waals surface area contributed by atoms with Crippen LogP contribution in [0.15, 0.2) is 41.5 Å². The molecule has 1 aromatic carbocycles. The minimum Gasteiger partial charge on any atom is -0.494 e. The Morgan fingerprint density at radius 1 is 1.28 bits per heavy atom. The third-order valence-corrected chi connectivity index (χ3v) is 3.53. The quantitative estimate of drug-likeness (QED) is 0.721. The van der Waals surface area contributed by atoms with E-state index in [1.165, 1.54) is 17.0 Å². The molecule has 0 aliphatic carbocycles. The fourth-order valence-electron chi connectivity index (χ4n) is 2.12. The average molecular weight is 344 g/mol. The Morgan fingerprint density at radius 2 is 2.04 bits per heavy atom. The number of anilines is 1. The Bertz CT molecular complexity index is 741. The largest absolute Gasteiger partial charge is 0.494 e.